The van der Waals surface area contributed by atoms with Gasteiger partial charge in [-0.05, 0) is 81.3 Å². The fraction of sp³-hybridized carbons (Fsp3) is 0.556. The zero-order valence-electron chi connectivity index (χ0n) is 25.8. The van der Waals surface area contributed by atoms with E-state index >= 15 is 0 Å². The summed E-state index contributed by atoms with van der Waals surface area (Å²) in [6.45, 7) is 4.87. The molecule has 2 unspecified atom stereocenters. The SMILES string of the molecule is C#Cc1c(F)ccc2cc(O)cc(N3CCc4c(nc(OC[C@]56CCCN5[C@@H]5CCC[C@@H]5C6)nc4N4CC5CCC(C4)N5)C3)c12. The van der Waals surface area contributed by atoms with Gasteiger partial charge in [0.1, 0.15) is 24.0 Å². The van der Waals surface area contributed by atoms with E-state index in [9.17, 15) is 9.50 Å². The molecule has 2 aromatic carbocycles. The van der Waals surface area contributed by atoms with Crippen molar-refractivity contribution in [2.24, 2.45) is 5.92 Å². The second-order valence-corrected chi connectivity index (χ2v) is 14.4. The second kappa shape index (κ2) is 10.5. The minimum absolute atomic E-state index is 0.103. The smallest absolute Gasteiger partial charge is 0.318 e. The number of phenolic OH excluding ortho intramolecular Hbond substituents is 1. The van der Waals surface area contributed by atoms with Crippen molar-refractivity contribution in [3.63, 3.8) is 0 Å². The third-order valence-corrected chi connectivity index (χ3v) is 11.8. The average Bonchev–Trinajstić information content (AvgIpc) is 3.81. The average molecular weight is 609 g/mol. The highest BCUT2D eigenvalue weighted by molar-refractivity contribution is 6.00. The van der Waals surface area contributed by atoms with E-state index in [1.165, 1.54) is 69.5 Å². The predicted molar refractivity (Wildman–Crippen MR) is 172 cm³/mol. The third kappa shape index (κ3) is 4.47. The number of phenols is 1. The van der Waals surface area contributed by atoms with E-state index in [1.807, 2.05) is 0 Å². The molecule has 2 bridgehead atoms. The number of rotatable bonds is 5. The van der Waals surface area contributed by atoms with Gasteiger partial charge in [-0.1, -0.05) is 18.4 Å². The second-order valence-electron chi connectivity index (χ2n) is 14.4. The zero-order valence-corrected chi connectivity index (χ0v) is 25.8. The normalized spacial score (nSPS) is 30.4. The van der Waals surface area contributed by atoms with E-state index < -0.39 is 5.82 Å². The van der Waals surface area contributed by atoms with E-state index in [0.717, 1.165) is 54.1 Å². The first kappa shape index (κ1) is 27.7. The Balaban J connectivity index is 1.08. The Labute approximate surface area is 264 Å². The molecule has 6 heterocycles. The summed E-state index contributed by atoms with van der Waals surface area (Å²) in [5, 5.41) is 15.8. The van der Waals surface area contributed by atoms with Gasteiger partial charge in [0.2, 0.25) is 0 Å². The fourth-order valence-corrected chi connectivity index (χ4v) is 9.95. The number of ether oxygens (including phenoxy) is 1. The molecular weight excluding hydrogens is 567 g/mol. The Morgan fingerprint density at radius 2 is 1.93 bits per heavy atom. The first-order chi connectivity index (χ1) is 22.0. The van der Waals surface area contributed by atoms with Gasteiger partial charge in [-0.3, -0.25) is 4.90 Å². The molecule has 234 valence electrons. The summed E-state index contributed by atoms with van der Waals surface area (Å²) in [7, 11) is 0. The van der Waals surface area contributed by atoms with Crippen LogP contribution in [0.15, 0.2) is 24.3 Å². The fourth-order valence-electron chi connectivity index (χ4n) is 9.95. The van der Waals surface area contributed by atoms with Crippen molar-refractivity contribution in [1.82, 2.24) is 20.2 Å². The number of benzene rings is 2. The van der Waals surface area contributed by atoms with Gasteiger partial charge in [-0.15, -0.1) is 6.42 Å². The lowest BCUT2D eigenvalue weighted by molar-refractivity contribution is 0.0829. The van der Waals surface area contributed by atoms with Gasteiger partial charge in [0, 0.05) is 60.5 Å². The largest absolute Gasteiger partial charge is 0.508 e. The van der Waals surface area contributed by atoms with Gasteiger partial charge in [-0.25, -0.2) is 4.39 Å². The summed E-state index contributed by atoms with van der Waals surface area (Å²) < 4.78 is 21.6. The van der Waals surface area contributed by atoms with Gasteiger partial charge in [0.25, 0.3) is 0 Å². The number of halogens is 1. The summed E-state index contributed by atoms with van der Waals surface area (Å²) in [6.07, 6.45) is 16.6. The number of piperazine rings is 1. The molecule has 8 nitrogen and oxygen atoms in total. The quantitative estimate of drug-likeness (QED) is 0.403. The Morgan fingerprint density at radius 3 is 2.78 bits per heavy atom. The maximum atomic E-state index is 14.9. The molecule has 3 aromatic rings. The number of aromatic nitrogens is 2. The highest BCUT2D eigenvalue weighted by Crippen LogP contribution is 2.51. The van der Waals surface area contributed by atoms with Crippen molar-refractivity contribution in [3.05, 3.63) is 46.9 Å². The Bertz CT molecular complexity index is 1710. The molecule has 5 fully saturated rings. The maximum absolute atomic E-state index is 14.9. The molecule has 9 rings (SSSR count). The van der Waals surface area contributed by atoms with Crippen molar-refractivity contribution in [3.8, 4) is 24.1 Å². The number of nitrogens with zero attached hydrogens (tertiary/aromatic N) is 5. The molecular formula is C36H41FN6O2. The summed E-state index contributed by atoms with van der Waals surface area (Å²) in [5.74, 6) is 4.07. The number of hydrogen-bond donors (Lipinski definition) is 2. The van der Waals surface area contributed by atoms with Gasteiger partial charge in [0.05, 0.1) is 23.3 Å². The van der Waals surface area contributed by atoms with E-state index in [-0.39, 0.29) is 16.9 Å². The standard InChI is InChI=1S/C36H41FN6O2/c1-2-27-29(37)10-7-22-15-26(44)16-32(33(22)27)41-14-11-28-30(20-41)39-35(40-34(28)42-18-24-8-9-25(19-42)38-24)45-21-36-12-4-13-43(36)31-6-3-5-23(31)17-36/h1,7,10,15-16,23-25,31,38,44H,3-6,8-9,11-14,17-21H2/t23-,24?,25?,31-,36-/m1/s1. The van der Waals surface area contributed by atoms with Crippen LogP contribution in [-0.4, -0.2) is 76.4 Å². The molecule has 4 saturated heterocycles. The van der Waals surface area contributed by atoms with Crippen LogP contribution in [0.25, 0.3) is 10.8 Å². The first-order valence-corrected chi connectivity index (χ1v) is 17.0. The van der Waals surface area contributed by atoms with Crippen LogP contribution in [0.4, 0.5) is 15.9 Å². The summed E-state index contributed by atoms with van der Waals surface area (Å²) in [6, 6.07) is 8.55. The summed E-state index contributed by atoms with van der Waals surface area (Å²) in [4.78, 5) is 17.7. The van der Waals surface area contributed by atoms with Crippen LogP contribution >= 0.6 is 0 Å². The van der Waals surface area contributed by atoms with E-state index in [4.69, 9.17) is 21.1 Å². The van der Waals surface area contributed by atoms with Crippen molar-refractivity contribution >= 4 is 22.3 Å². The number of aromatic hydroxyl groups is 1. The number of fused-ring (bicyclic) bond motifs is 7. The van der Waals surface area contributed by atoms with E-state index in [2.05, 4.69) is 25.9 Å². The molecule has 1 saturated carbocycles. The zero-order chi connectivity index (χ0) is 30.3. The van der Waals surface area contributed by atoms with Gasteiger partial charge >= 0.3 is 6.01 Å². The molecule has 1 aliphatic carbocycles. The van der Waals surface area contributed by atoms with Crippen molar-refractivity contribution < 1.29 is 14.2 Å². The lowest BCUT2D eigenvalue weighted by atomic mass is 9.90. The molecule has 0 radical (unpaired) electrons. The van der Waals surface area contributed by atoms with Crippen LogP contribution < -0.4 is 19.9 Å². The number of hydrogen-bond acceptors (Lipinski definition) is 8. The highest BCUT2D eigenvalue weighted by atomic mass is 19.1. The highest BCUT2D eigenvalue weighted by Gasteiger charge is 2.55. The third-order valence-electron chi connectivity index (χ3n) is 11.8. The molecule has 2 N–H and O–H groups in total. The van der Waals surface area contributed by atoms with Crippen molar-refractivity contribution in [2.45, 2.75) is 88.0 Å². The van der Waals surface area contributed by atoms with Crippen LogP contribution in [0.2, 0.25) is 0 Å². The number of anilines is 2. The Hall–Kier alpha value is -3.61. The summed E-state index contributed by atoms with van der Waals surface area (Å²) >= 11 is 0. The van der Waals surface area contributed by atoms with Crippen LogP contribution in [0.5, 0.6) is 11.8 Å². The van der Waals surface area contributed by atoms with Crippen molar-refractivity contribution in [1.29, 1.82) is 0 Å². The number of nitrogens with one attached hydrogen (secondary N) is 1. The molecule has 0 amide bonds. The van der Waals surface area contributed by atoms with E-state index in [1.54, 1.807) is 18.2 Å². The first-order valence-electron chi connectivity index (χ1n) is 17.0. The van der Waals surface area contributed by atoms with Crippen LogP contribution in [-0.2, 0) is 13.0 Å². The molecule has 5 atom stereocenters. The van der Waals surface area contributed by atoms with Crippen LogP contribution in [0.1, 0.15) is 68.2 Å². The van der Waals surface area contributed by atoms with Gasteiger partial charge in [-0.2, -0.15) is 9.97 Å². The van der Waals surface area contributed by atoms with Gasteiger partial charge in [0.15, 0.2) is 0 Å². The predicted octanol–water partition coefficient (Wildman–Crippen LogP) is 4.74. The lowest BCUT2D eigenvalue weighted by Gasteiger charge is -2.38. The lowest BCUT2D eigenvalue weighted by Crippen LogP contribution is -2.52. The minimum atomic E-state index is -0.431. The molecule has 1 aromatic heterocycles. The maximum Gasteiger partial charge on any atom is 0.318 e. The molecule has 0 spiro atoms. The molecule has 5 aliphatic heterocycles. The monoisotopic (exact) mass is 608 g/mol. The molecule has 9 heteroatoms. The minimum Gasteiger partial charge on any atom is -0.508 e. The molecule has 6 aliphatic rings. The van der Waals surface area contributed by atoms with Crippen molar-refractivity contribution in [2.75, 3.05) is 42.6 Å². The number of terminal acetylenes is 1. The van der Waals surface area contributed by atoms with Gasteiger partial charge < -0.3 is 25.0 Å². The Kier molecular flexibility index (Phi) is 6.44. The van der Waals surface area contributed by atoms with Crippen LogP contribution in [0.3, 0.4) is 0 Å². The van der Waals surface area contributed by atoms with Crippen LogP contribution in [0, 0.1) is 24.1 Å². The van der Waals surface area contributed by atoms with E-state index in [0.29, 0.717) is 43.2 Å². The Morgan fingerprint density at radius 1 is 1.07 bits per heavy atom. The summed E-state index contributed by atoms with van der Waals surface area (Å²) in [5.41, 5.74) is 3.16. The molecule has 45 heavy (non-hydrogen) atoms. The topological polar surface area (TPSA) is 77.0 Å².